The molecule has 0 amide bonds. The molecule has 134 valence electrons. The number of nitrogens with zero attached hydrogens (tertiary/aromatic N) is 3. The monoisotopic (exact) mass is 377 g/mol. The molecule has 0 radical (unpaired) electrons. The molecule has 4 rings (SSSR count). The van der Waals surface area contributed by atoms with Gasteiger partial charge in [-0.25, -0.2) is 9.07 Å². The van der Waals surface area contributed by atoms with E-state index < -0.39 is 0 Å². The zero-order chi connectivity index (χ0) is 18.6. The highest BCUT2D eigenvalue weighted by Gasteiger charge is 2.12. The van der Waals surface area contributed by atoms with Crippen molar-refractivity contribution in [1.82, 2.24) is 4.68 Å². The van der Waals surface area contributed by atoms with Crippen LogP contribution in [-0.4, -0.2) is 17.4 Å². The first-order valence-corrected chi connectivity index (χ1v) is 9.24. The van der Waals surface area contributed by atoms with E-state index in [1.54, 1.807) is 29.0 Å². The van der Waals surface area contributed by atoms with Gasteiger partial charge in [-0.3, -0.25) is 4.99 Å². The molecule has 0 fully saturated rings. The van der Waals surface area contributed by atoms with E-state index in [9.17, 15) is 4.39 Å². The van der Waals surface area contributed by atoms with Crippen molar-refractivity contribution >= 4 is 28.5 Å². The Morgan fingerprint density at radius 2 is 1.96 bits per heavy atom. The van der Waals surface area contributed by atoms with E-state index in [1.807, 2.05) is 35.7 Å². The minimum atomic E-state index is -0.327. The van der Waals surface area contributed by atoms with Crippen molar-refractivity contribution in [3.63, 3.8) is 0 Å². The van der Waals surface area contributed by atoms with Crippen LogP contribution in [0.4, 0.5) is 4.39 Å². The Kier molecular flexibility index (Phi) is 4.80. The maximum absolute atomic E-state index is 13.9. The third-order valence-electron chi connectivity index (χ3n) is 3.94. The summed E-state index contributed by atoms with van der Waals surface area (Å²) in [5.74, 6) is 0.352. The van der Waals surface area contributed by atoms with Crippen LogP contribution in [0.2, 0.25) is 0 Å². The van der Waals surface area contributed by atoms with Crippen LogP contribution < -0.4 is 4.80 Å². The summed E-state index contributed by atoms with van der Waals surface area (Å²) >= 11 is 1.44. The molecule has 4 aromatic rings. The van der Waals surface area contributed by atoms with Gasteiger partial charge in [0.2, 0.25) is 4.80 Å². The number of fused-ring (bicyclic) bond motifs is 1. The Hall–Kier alpha value is -3.25. The van der Waals surface area contributed by atoms with Crippen LogP contribution in [0.3, 0.4) is 0 Å². The first-order chi connectivity index (χ1) is 13.3. The maximum Gasteiger partial charge on any atom is 0.206 e. The Morgan fingerprint density at radius 1 is 1.15 bits per heavy atom. The Balaban J connectivity index is 1.84. The van der Waals surface area contributed by atoms with Crippen LogP contribution >= 0.6 is 11.3 Å². The largest absolute Gasteiger partial charge is 0.454 e. The van der Waals surface area contributed by atoms with Crippen LogP contribution in [0, 0.1) is 5.82 Å². The number of aromatic nitrogens is 1. The third-order valence-corrected chi connectivity index (χ3v) is 4.79. The molecule has 0 aliphatic carbocycles. The zero-order valence-electron chi connectivity index (χ0n) is 14.4. The molecule has 0 spiro atoms. The van der Waals surface area contributed by atoms with Crippen LogP contribution in [-0.2, 0) is 0 Å². The van der Waals surface area contributed by atoms with Gasteiger partial charge in [-0.2, -0.15) is 5.10 Å². The van der Waals surface area contributed by atoms with Gasteiger partial charge in [-0.05, 0) is 18.2 Å². The van der Waals surface area contributed by atoms with Gasteiger partial charge in [0, 0.05) is 16.3 Å². The molecule has 0 aliphatic rings. The normalized spacial score (nSPS) is 12.3. The summed E-state index contributed by atoms with van der Waals surface area (Å²) in [7, 11) is 0. The van der Waals surface area contributed by atoms with Crippen LogP contribution in [0.25, 0.3) is 22.4 Å². The van der Waals surface area contributed by atoms with Crippen molar-refractivity contribution in [1.29, 1.82) is 0 Å². The third kappa shape index (κ3) is 3.52. The van der Waals surface area contributed by atoms with Gasteiger partial charge in [0.1, 0.15) is 17.1 Å². The van der Waals surface area contributed by atoms with Gasteiger partial charge in [-0.15, -0.1) is 17.9 Å². The van der Waals surface area contributed by atoms with E-state index >= 15 is 0 Å². The Labute approximate surface area is 159 Å². The lowest BCUT2D eigenvalue weighted by molar-refractivity contribution is 0.621. The van der Waals surface area contributed by atoms with E-state index in [0.717, 1.165) is 16.7 Å². The lowest BCUT2D eigenvalue weighted by Gasteiger charge is -2.01. The minimum absolute atomic E-state index is 0.327. The first-order valence-electron chi connectivity index (χ1n) is 8.36. The highest BCUT2D eigenvalue weighted by atomic mass is 32.1. The van der Waals surface area contributed by atoms with Gasteiger partial charge < -0.3 is 4.42 Å². The van der Waals surface area contributed by atoms with Crippen molar-refractivity contribution < 1.29 is 8.81 Å². The highest BCUT2D eigenvalue weighted by molar-refractivity contribution is 7.07. The van der Waals surface area contributed by atoms with Crippen molar-refractivity contribution in [2.75, 3.05) is 6.54 Å². The number of para-hydroxylation sites is 1. The van der Waals surface area contributed by atoms with Gasteiger partial charge in [0.15, 0.2) is 5.76 Å². The van der Waals surface area contributed by atoms with E-state index in [2.05, 4.69) is 16.7 Å². The summed E-state index contributed by atoms with van der Waals surface area (Å²) in [6.07, 6.45) is 3.20. The molecular formula is C21H16FN3OS. The molecule has 4 nitrogen and oxygen atoms in total. The molecule has 6 heteroatoms. The summed E-state index contributed by atoms with van der Waals surface area (Å²) in [4.78, 5) is 5.15. The van der Waals surface area contributed by atoms with E-state index in [1.165, 1.54) is 23.6 Å². The average Bonchev–Trinajstić information content (AvgIpc) is 3.29. The van der Waals surface area contributed by atoms with E-state index in [4.69, 9.17) is 4.42 Å². The molecule has 0 N–H and O–H groups in total. The predicted molar refractivity (Wildman–Crippen MR) is 108 cm³/mol. The second kappa shape index (κ2) is 7.55. The van der Waals surface area contributed by atoms with Crippen molar-refractivity contribution in [2.45, 2.75) is 0 Å². The Bertz CT molecular complexity index is 1170. The van der Waals surface area contributed by atoms with E-state index in [0.29, 0.717) is 22.7 Å². The molecule has 0 unspecified atom stereocenters. The van der Waals surface area contributed by atoms with Crippen molar-refractivity contribution in [2.24, 2.45) is 10.1 Å². The number of hydrogen-bond acceptors (Lipinski definition) is 4. The SMILES string of the molecule is C=CCN=c1scc(-c2cc3ccccc3o2)n1N=Cc1ccccc1F. The van der Waals surface area contributed by atoms with Crippen LogP contribution in [0.15, 0.2) is 87.1 Å². The fourth-order valence-corrected chi connectivity index (χ4v) is 3.47. The van der Waals surface area contributed by atoms with E-state index in [-0.39, 0.29) is 5.82 Å². The highest BCUT2D eigenvalue weighted by Crippen LogP contribution is 2.28. The number of halogens is 1. The molecular weight excluding hydrogens is 361 g/mol. The van der Waals surface area contributed by atoms with Gasteiger partial charge in [0.05, 0.1) is 12.8 Å². The topological polar surface area (TPSA) is 42.8 Å². The molecule has 0 saturated carbocycles. The standard InChI is InChI=1S/C21H16FN3OS/c1-2-11-23-21-25(24-13-16-8-3-5-9-17(16)22)18(14-27-21)20-12-15-7-4-6-10-19(15)26-20/h2-10,12-14H,1,11H2. The number of thiazole rings is 1. The molecule has 0 atom stereocenters. The fraction of sp³-hybridized carbons (Fsp3) is 0.0476. The minimum Gasteiger partial charge on any atom is -0.454 e. The number of furan rings is 1. The predicted octanol–water partition coefficient (Wildman–Crippen LogP) is 5.07. The molecule has 0 aliphatic heterocycles. The first kappa shape index (κ1) is 17.2. The maximum atomic E-state index is 13.9. The van der Waals surface area contributed by atoms with Crippen LogP contribution in [0.1, 0.15) is 5.56 Å². The molecule has 2 aromatic carbocycles. The molecule has 2 aromatic heterocycles. The lowest BCUT2D eigenvalue weighted by atomic mass is 10.2. The second-order valence-electron chi connectivity index (χ2n) is 5.76. The van der Waals surface area contributed by atoms with Gasteiger partial charge in [-0.1, -0.05) is 42.5 Å². The number of rotatable bonds is 5. The summed E-state index contributed by atoms with van der Waals surface area (Å²) < 4.78 is 21.6. The summed E-state index contributed by atoms with van der Waals surface area (Å²) in [5.41, 5.74) is 1.96. The smallest absolute Gasteiger partial charge is 0.206 e. The quantitative estimate of drug-likeness (QED) is 0.354. The molecule has 27 heavy (non-hydrogen) atoms. The van der Waals surface area contributed by atoms with Gasteiger partial charge in [0.25, 0.3) is 0 Å². The molecule has 0 bridgehead atoms. The number of hydrogen-bond donors (Lipinski definition) is 0. The van der Waals surface area contributed by atoms with Crippen molar-refractivity contribution in [3.8, 4) is 11.5 Å². The lowest BCUT2D eigenvalue weighted by Crippen LogP contribution is -2.12. The summed E-state index contributed by atoms with van der Waals surface area (Å²) in [5, 5.41) is 7.41. The van der Waals surface area contributed by atoms with Crippen molar-refractivity contribution in [3.05, 3.63) is 88.8 Å². The Morgan fingerprint density at radius 3 is 2.78 bits per heavy atom. The second-order valence-corrected chi connectivity index (χ2v) is 6.60. The van der Waals surface area contributed by atoms with Crippen LogP contribution in [0.5, 0.6) is 0 Å². The molecule has 2 heterocycles. The zero-order valence-corrected chi connectivity index (χ0v) is 15.2. The van der Waals surface area contributed by atoms with Gasteiger partial charge >= 0.3 is 0 Å². The summed E-state index contributed by atoms with van der Waals surface area (Å²) in [6.45, 7) is 4.17. The summed E-state index contributed by atoms with van der Waals surface area (Å²) in [6, 6.07) is 16.3. The molecule has 0 saturated heterocycles. The fourth-order valence-electron chi connectivity index (χ4n) is 2.64. The number of benzene rings is 2. The average molecular weight is 377 g/mol.